The molecule has 26 heavy (non-hydrogen) atoms. The van der Waals surface area contributed by atoms with Crippen LogP contribution in [0.3, 0.4) is 0 Å². The highest BCUT2D eigenvalue weighted by atomic mass is 16.5. The quantitative estimate of drug-likeness (QED) is 0.259. The van der Waals surface area contributed by atoms with Crippen molar-refractivity contribution >= 4 is 17.9 Å². The molecular weight excluding hydrogens is 340 g/mol. The van der Waals surface area contributed by atoms with Crippen LogP contribution in [0.2, 0.25) is 0 Å². The van der Waals surface area contributed by atoms with Crippen LogP contribution in [0.1, 0.15) is 52.9 Å². The Kier molecular flexibility index (Phi) is 14.6. The Morgan fingerprint density at radius 2 is 1.31 bits per heavy atom. The maximum absolute atomic E-state index is 11.5. The van der Waals surface area contributed by atoms with E-state index in [4.69, 9.17) is 19.9 Å². The van der Waals surface area contributed by atoms with Gasteiger partial charge in [0.25, 0.3) is 0 Å². The molecule has 0 aliphatic rings. The minimum Gasteiger partial charge on any atom is -0.466 e. The molecule has 0 radical (unpaired) electrons. The molecule has 2 N–H and O–H groups in total. The van der Waals surface area contributed by atoms with E-state index in [0.717, 1.165) is 12.8 Å². The third-order valence-corrected chi connectivity index (χ3v) is 3.70. The fourth-order valence-corrected chi connectivity index (χ4v) is 2.37. The number of esters is 3. The van der Waals surface area contributed by atoms with Crippen LogP contribution in [-0.4, -0.2) is 68.3 Å². The molecule has 0 saturated heterocycles. The van der Waals surface area contributed by atoms with Gasteiger partial charge in [0.15, 0.2) is 0 Å². The summed E-state index contributed by atoms with van der Waals surface area (Å²) in [6, 6.07) is -0.609. The Morgan fingerprint density at radius 1 is 0.808 bits per heavy atom. The number of ether oxygens (including phenoxy) is 3. The normalized spacial score (nSPS) is 11.9. The summed E-state index contributed by atoms with van der Waals surface area (Å²) >= 11 is 0. The summed E-state index contributed by atoms with van der Waals surface area (Å²) in [6.07, 6.45) is 2.66. The molecule has 0 amide bonds. The van der Waals surface area contributed by atoms with Gasteiger partial charge in [0.2, 0.25) is 0 Å². The average molecular weight is 374 g/mol. The Hall–Kier alpha value is -1.67. The van der Waals surface area contributed by atoms with Crippen molar-refractivity contribution in [1.29, 1.82) is 0 Å². The van der Waals surface area contributed by atoms with E-state index in [1.807, 2.05) is 4.90 Å². The van der Waals surface area contributed by atoms with Gasteiger partial charge in [0, 0.05) is 13.1 Å². The molecule has 0 aliphatic carbocycles. The molecule has 0 aromatic carbocycles. The fourth-order valence-electron chi connectivity index (χ4n) is 2.37. The molecule has 152 valence electrons. The zero-order valence-electron chi connectivity index (χ0n) is 16.3. The van der Waals surface area contributed by atoms with Crippen molar-refractivity contribution in [3.05, 3.63) is 0 Å². The van der Waals surface area contributed by atoms with E-state index in [1.54, 1.807) is 20.8 Å². The molecule has 0 rings (SSSR count). The van der Waals surface area contributed by atoms with E-state index in [-0.39, 0.29) is 30.7 Å². The number of nitrogens with zero attached hydrogens (tertiary/aromatic N) is 1. The van der Waals surface area contributed by atoms with E-state index < -0.39 is 6.04 Å². The van der Waals surface area contributed by atoms with Crippen molar-refractivity contribution < 1.29 is 28.6 Å². The Balaban J connectivity index is 4.26. The largest absolute Gasteiger partial charge is 0.466 e. The predicted octanol–water partition coefficient (Wildman–Crippen LogP) is 1.26. The zero-order valence-corrected chi connectivity index (χ0v) is 16.3. The minimum atomic E-state index is -0.609. The number of hydrogen-bond donors (Lipinski definition) is 1. The number of unbranched alkanes of at least 4 members (excludes halogenated alkanes) is 1. The van der Waals surface area contributed by atoms with Crippen LogP contribution < -0.4 is 5.73 Å². The number of nitrogens with two attached hydrogens (primary N) is 1. The molecule has 0 aliphatic heterocycles. The highest BCUT2D eigenvalue weighted by Crippen LogP contribution is 2.05. The van der Waals surface area contributed by atoms with Crippen LogP contribution in [0.5, 0.6) is 0 Å². The Labute approximate surface area is 156 Å². The molecule has 0 aromatic rings. The van der Waals surface area contributed by atoms with Crippen LogP contribution in [0.25, 0.3) is 0 Å². The first-order valence-electron chi connectivity index (χ1n) is 9.40. The molecule has 0 aromatic heterocycles. The summed E-state index contributed by atoms with van der Waals surface area (Å²) in [4.78, 5) is 36.6. The summed E-state index contributed by atoms with van der Waals surface area (Å²) in [6.45, 7) is 8.05. The Bertz CT molecular complexity index is 394. The van der Waals surface area contributed by atoms with E-state index in [2.05, 4.69) is 0 Å². The maximum atomic E-state index is 11.5. The predicted molar refractivity (Wildman–Crippen MR) is 97.4 cm³/mol. The van der Waals surface area contributed by atoms with Crippen molar-refractivity contribution in [1.82, 2.24) is 4.90 Å². The van der Waals surface area contributed by atoms with E-state index in [0.29, 0.717) is 45.9 Å². The first-order valence-corrected chi connectivity index (χ1v) is 9.40. The second-order valence-electron chi connectivity index (χ2n) is 5.81. The highest BCUT2D eigenvalue weighted by Gasteiger charge is 2.15. The second kappa shape index (κ2) is 15.6. The molecule has 0 spiro atoms. The van der Waals surface area contributed by atoms with E-state index in [1.165, 1.54) is 0 Å². The topological polar surface area (TPSA) is 108 Å². The second-order valence-corrected chi connectivity index (χ2v) is 5.81. The molecule has 8 nitrogen and oxygen atoms in total. The average Bonchev–Trinajstić information content (AvgIpc) is 2.60. The van der Waals surface area contributed by atoms with E-state index in [9.17, 15) is 14.4 Å². The van der Waals surface area contributed by atoms with Crippen LogP contribution in [-0.2, 0) is 28.6 Å². The van der Waals surface area contributed by atoms with Gasteiger partial charge in [-0.05, 0) is 40.2 Å². The summed E-state index contributed by atoms with van der Waals surface area (Å²) in [5.74, 6) is -0.884. The molecule has 1 unspecified atom stereocenters. The van der Waals surface area contributed by atoms with Gasteiger partial charge in [0.1, 0.15) is 6.04 Å². The van der Waals surface area contributed by atoms with Crippen molar-refractivity contribution in [2.45, 2.75) is 58.9 Å². The smallest absolute Gasteiger partial charge is 0.322 e. The molecule has 8 heteroatoms. The SMILES string of the molecule is CCOC(=O)CCN(CCCCC(N)C(=O)OCC)CCC(=O)OCC. The van der Waals surface area contributed by atoms with Crippen LogP contribution in [0, 0.1) is 0 Å². The van der Waals surface area contributed by atoms with Gasteiger partial charge in [0.05, 0.1) is 32.7 Å². The molecule has 1 atom stereocenters. The standard InChI is InChI=1S/C18H34N2O6/c1-4-24-16(21)10-13-20(14-11-17(22)25-5-2)12-8-7-9-15(19)18(23)26-6-3/h15H,4-14,19H2,1-3H3. The molecule has 0 saturated carbocycles. The molecular formula is C18H34N2O6. The van der Waals surface area contributed by atoms with Crippen molar-refractivity contribution in [3.63, 3.8) is 0 Å². The van der Waals surface area contributed by atoms with Crippen LogP contribution >= 0.6 is 0 Å². The third kappa shape index (κ3) is 12.7. The molecule has 0 bridgehead atoms. The molecule has 0 fully saturated rings. The van der Waals surface area contributed by atoms with Gasteiger partial charge < -0.3 is 24.8 Å². The van der Waals surface area contributed by atoms with Gasteiger partial charge >= 0.3 is 17.9 Å². The highest BCUT2D eigenvalue weighted by molar-refractivity contribution is 5.75. The van der Waals surface area contributed by atoms with E-state index >= 15 is 0 Å². The lowest BCUT2D eigenvalue weighted by molar-refractivity contribution is -0.145. The third-order valence-electron chi connectivity index (χ3n) is 3.70. The van der Waals surface area contributed by atoms with Crippen molar-refractivity contribution in [2.24, 2.45) is 5.73 Å². The summed E-state index contributed by atoms with van der Waals surface area (Å²) in [5, 5.41) is 0. The van der Waals surface area contributed by atoms with Gasteiger partial charge in [-0.3, -0.25) is 14.4 Å². The lowest BCUT2D eigenvalue weighted by Crippen LogP contribution is -2.33. The first kappa shape index (κ1) is 24.3. The monoisotopic (exact) mass is 374 g/mol. The van der Waals surface area contributed by atoms with Crippen molar-refractivity contribution in [2.75, 3.05) is 39.5 Å². The molecule has 0 heterocycles. The number of rotatable bonds is 15. The first-order chi connectivity index (χ1) is 12.4. The fraction of sp³-hybridized carbons (Fsp3) is 0.833. The lowest BCUT2D eigenvalue weighted by atomic mass is 10.1. The number of carbonyl (C=O) groups is 3. The van der Waals surface area contributed by atoms with Gasteiger partial charge in [-0.15, -0.1) is 0 Å². The van der Waals surface area contributed by atoms with Gasteiger partial charge in [-0.2, -0.15) is 0 Å². The minimum absolute atomic E-state index is 0.252. The maximum Gasteiger partial charge on any atom is 0.322 e. The van der Waals surface area contributed by atoms with Crippen molar-refractivity contribution in [3.8, 4) is 0 Å². The summed E-state index contributed by atoms with van der Waals surface area (Å²) in [5.41, 5.74) is 5.77. The summed E-state index contributed by atoms with van der Waals surface area (Å²) < 4.78 is 14.8. The Morgan fingerprint density at radius 3 is 1.77 bits per heavy atom. The van der Waals surface area contributed by atoms with Gasteiger partial charge in [-0.25, -0.2) is 0 Å². The number of hydrogen-bond acceptors (Lipinski definition) is 8. The van der Waals surface area contributed by atoms with Crippen LogP contribution in [0.15, 0.2) is 0 Å². The number of carbonyl (C=O) groups excluding carboxylic acids is 3. The zero-order chi connectivity index (χ0) is 19.8. The lowest BCUT2D eigenvalue weighted by Gasteiger charge is -2.21. The van der Waals surface area contributed by atoms with Crippen LogP contribution in [0.4, 0.5) is 0 Å². The summed E-state index contributed by atoms with van der Waals surface area (Å²) in [7, 11) is 0. The van der Waals surface area contributed by atoms with Gasteiger partial charge in [-0.1, -0.05) is 6.42 Å².